The van der Waals surface area contributed by atoms with E-state index in [1.807, 2.05) is 24.3 Å². The average Bonchev–Trinajstić information content (AvgIpc) is 3.27. The summed E-state index contributed by atoms with van der Waals surface area (Å²) in [7, 11) is 1.61. The number of carbonyl (C=O) groups is 2. The Bertz CT molecular complexity index is 452. The van der Waals surface area contributed by atoms with Crippen LogP contribution in [-0.2, 0) is 16.1 Å². The first kappa shape index (κ1) is 13.4. The van der Waals surface area contributed by atoms with Crippen molar-refractivity contribution >= 4 is 11.8 Å². The summed E-state index contributed by atoms with van der Waals surface area (Å²) < 4.78 is 5.05. The fourth-order valence-corrected chi connectivity index (χ4v) is 1.66. The van der Waals surface area contributed by atoms with E-state index in [9.17, 15) is 9.59 Å². The molecule has 5 nitrogen and oxygen atoms in total. The molecule has 5 heteroatoms. The van der Waals surface area contributed by atoms with Crippen LogP contribution in [0.4, 0.5) is 0 Å². The molecule has 1 fully saturated rings. The van der Waals surface area contributed by atoms with Gasteiger partial charge in [0.2, 0.25) is 11.8 Å². The number of hydrogen-bond donors (Lipinski definition) is 2. The summed E-state index contributed by atoms with van der Waals surface area (Å²) in [5.41, 5.74) is 0.989. The Labute approximate surface area is 112 Å². The maximum absolute atomic E-state index is 11.5. The largest absolute Gasteiger partial charge is 0.497 e. The van der Waals surface area contributed by atoms with Crippen molar-refractivity contribution in [2.24, 2.45) is 5.92 Å². The molecule has 102 valence electrons. The lowest BCUT2D eigenvalue weighted by Gasteiger charge is -2.07. The van der Waals surface area contributed by atoms with E-state index in [-0.39, 0.29) is 24.3 Å². The number of ether oxygens (including phenoxy) is 1. The minimum Gasteiger partial charge on any atom is -0.497 e. The van der Waals surface area contributed by atoms with Gasteiger partial charge in [0, 0.05) is 12.5 Å². The molecule has 1 aliphatic rings. The molecule has 1 aromatic rings. The zero-order valence-corrected chi connectivity index (χ0v) is 10.9. The minimum atomic E-state index is -0.176. The smallest absolute Gasteiger partial charge is 0.239 e. The number of amides is 2. The monoisotopic (exact) mass is 262 g/mol. The molecule has 0 unspecified atom stereocenters. The molecule has 2 N–H and O–H groups in total. The van der Waals surface area contributed by atoms with Crippen molar-refractivity contribution in [1.82, 2.24) is 10.6 Å². The molecule has 2 amide bonds. The second-order valence-corrected chi connectivity index (χ2v) is 4.62. The molecular formula is C14H18N2O3. The summed E-state index contributed by atoms with van der Waals surface area (Å²) in [4.78, 5) is 22.9. The maximum atomic E-state index is 11.5. The van der Waals surface area contributed by atoms with E-state index in [2.05, 4.69) is 10.6 Å². The predicted molar refractivity (Wildman–Crippen MR) is 70.6 cm³/mol. The van der Waals surface area contributed by atoms with Gasteiger partial charge < -0.3 is 15.4 Å². The summed E-state index contributed by atoms with van der Waals surface area (Å²) in [6, 6.07) is 7.47. The number of methoxy groups -OCH3 is 1. The van der Waals surface area contributed by atoms with Crippen LogP contribution in [0.25, 0.3) is 0 Å². The highest BCUT2D eigenvalue weighted by Gasteiger charge is 2.29. The molecular weight excluding hydrogens is 244 g/mol. The van der Waals surface area contributed by atoms with E-state index >= 15 is 0 Å². The van der Waals surface area contributed by atoms with Crippen molar-refractivity contribution in [3.8, 4) is 5.75 Å². The van der Waals surface area contributed by atoms with Crippen molar-refractivity contribution in [2.75, 3.05) is 13.7 Å². The highest BCUT2D eigenvalue weighted by atomic mass is 16.5. The molecule has 1 saturated carbocycles. The van der Waals surface area contributed by atoms with Crippen LogP contribution in [0, 0.1) is 5.92 Å². The Hall–Kier alpha value is -2.04. The fourth-order valence-electron chi connectivity index (χ4n) is 1.66. The van der Waals surface area contributed by atoms with Crippen LogP contribution in [0.1, 0.15) is 18.4 Å². The molecule has 2 rings (SSSR count). The van der Waals surface area contributed by atoms with Crippen molar-refractivity contribution in [3.05, 3.63) is 29.8 Å². The van der Waals surface area contributed by atoms with E-state index < -0.39 is 0 Å². The van der Waals surface area contributed by atoms with Gasteiger partial charge in [0.05, 0.1) is 13.7 Å². The van der Waals surface area contributed by atoms with E-state index in [4.69, 9.17) is 4.74 Å². The van der Waals surface area contributed by atoms with E-state index in [0.29, 0.717) is 6.54 Å². The lowest BCUT2D eigenvalue weighted by atomic mass is 10.2. The number of nitrogens with one attached hydrogen (secondary N) is 2. The highest BCUT2D eigenvalue weighted by Crippen LogP contribution is 2.28. The quantitative estimate of drug-likeness (QED) is 0.798. The van der Waals surface area contributed by atoms with Gasteiger partial charge in [0.25, 0.3) is 0 Å². The second kappa shape index (κ2) is 6.22. The molecule has 0 bridgehead atoms. The van der Waals surface area contributed by atoms with Gasteiger partial charge in [-0.1, -0.05) is 12.1 Å². The second-order valence-electron chi connectivity index (χ2n) is 4.62. The molecule has 0 aliphatic heterocycles. The van der Waals surface area contributed by atoms with Crippen LogP contribution in [0.5, 0.6) is 5.75 Å². The third-order valence-electron chi connectivity index (χ3n) is 3.02. The molecule has 0 spiro atoms. The summed E-state index contributed by atoms with van der Waals surface area (Å²) >= 11 is 0. The lowest BCUT2D eigenvalue weighted by molar-refractivity contribution is -0.126. The molecule has 0 aromatic heterocycles. The summed E-state index contributed by atoms with van der Waals surface area (Å²) in [6.45, 7) is 0.494. The molecule has 19 heavy (non-hydrogen) atoms. The molecule has 0 atom stereocenters. The zero-order chi connectivity index (χ0) is 13.7. The normalized spacial score (nSPS) is 13.7. The van der Waals surface area contributed by atoms with Crippen LogP contribution in [0.2, 0.25) is 0 Å². The molecule has 0 heterocycles. The Balaban J connectivity index is 1.68. The predicted octanol–water partition coefficient (Wildman–Crippen LogP) is 0.838. The van der Waals surface area contributed by atoms with E-state index in [0.717, 1.165) is 24.2 Å². The van der Waals surface area contributed by atoms with Crippen molar-refractivity contribution in [3.63, 3.8) is 0 Å². The highest BCUT2D eigenvalue weighted by molar-refractivity contribution is 5.86. The Morgan fingerprint density at radius 1 is 1.21 bits per heavy atom. The first-order chi connectivity index (χ1) is 9.19. The Kier molecular flexibility index (Phi) is 4.39. The fraction of sp³-hybridized carbons (Fsp3) is 0.429. The van der Waals surface area contributed by atoms with Gasteiger partial charge in [0.1, 0.15) is 5.75 Å². The number of rotatable bonds is 6. The van der Waals surface area contributed by atoms with E-state index in [1.165, 1.54) is 0 Å². The summed E-state index contributed by atoms with van der Waals surface area (Å²) in [5.74, 6) is 0.727. The van der Waals surface area contributed by atoms with Crippen LogP contribution < -0.4 is 15.4 Å². The standard InChI is InChI=1S/C14H18N2O3/c1-19-12-6-2-10(3-7-12)8-15-13(17)9-16-14(18)11-4-5-11/h2-3,6-7,11H,4-5,8-9H2,1H3,(H,15,17)(H,16,18). The summed E-state index contributed by atoms with van der Waals surface area (Å²) in [5, 5.41) is 5.38. The van der Waals surface area contributed by atoms with Gasteiger partial charge >= 0.3 is 0 Å². The van der Waals surface area contributed by atoms with Gasteiger partial charge in [-0.2, -0.15) is 0 Å². The zero-order valence-electron chi connectivity index (χ0n) is 10.9. The number of hydrogen-bond acceptors (Lipinski definition) is 3. The SMILES string of the molecule is COc1ccc(CNC(=O)CNC(=O)C2CC2)cc1. The van der Waals surface area contributed by atoms with Crippen molar-refractivity contribution in [2.45, 2.75) is 19.4 Å². The summed E-state index contributed by atoms with van der Waals surface area (Å²) in [6.07, 6.45) is 1.89. The third-order valence-corrected chi connectivity index (χ3v) is 3.02. The molecule has 0 saturated heterocycles. The van der Waals surface area contributed by atoms with Crippen LogP contribution >= 0.6 is 0 Å². The van der Waals surface area contributed by atoms with Gasteiger partial charge in [0.15, 0.2) is 0 Å². The first-order valence-electron chi connectivity index (χ1n) is 6.36. The third kappa shape index (κ3) is 4.28. The van der Waals surface area contributed by atoms with Crippen LogP contribution in [0.15, 0.2) is 24.3 Å². The maximum Gasteiger partial charge on any atom is 0.239 e. The average molecular weight is 262 g/mol. The van der Waals surface area contributed by atoms with Crippen LogP contribution in [-0.4, -0.2) is 25.5 Å². The minimum absolute atomic E-state index is 0.0143. The molecule has 1 aliphatic carbocycles. The molecule has 1 aromatic carbocycles. The van der Waals surface area contributed by atoms with Crippen molar-refractivity contribution < 1.29 is 14.3 Å². The van der Waals surface area contributed by atoms with E-state index in [1.54, 1.807) is 7.11 Å². The lowest BCUT2D eigenvalue weighted by Crippen LogP contribution is -2.37. The number of carbonyl (C=O) groups excluding carboxylic acids is 2. The van der Waals surface area contributed by atoms with Gasteiger partial charge in [-0.25, -0.2) is 0 Å². The van der Waals surface area contributed by atoms with Gasteiger partial charge in [-0.15, -0.1) is 0 Å². The number of benzene rings is 1. The van der Waals surface area contributed by atoms with Crippen molar-refractivity contribution in [1.29, 1.82) is 0 Å². The first-order valence-corrected chi connectivity index (χ1v) is 6.36. The van der Waals surface area contributed by atoms with Crippen LogP contribution in [0.3, 0.4) is 0 Å². The van der Waals surface area contributed by atoms with Gasteiger partial charge in [-0.3, -0.25) is 9.59 Å². The molecule has 0 radical (unpaired) electrons. The van der Waals surface area contributed by atoms with Gasteiger partial charge in [-0.05, 0) is 30.5 Å². The Morgan fingerprint density at radius 2 is 1.89 bits per heavy atom. The Morgan fingerprint density at radius 3 is 2.47 bits per heavy atom. The topological polar surface area (TPSA) is 67.4 Å².